The van der Waals surface area contributed by atoms with Crippen LogP contribution in [0, 0.1) is 6.92 Å². The Morgan fingerprint density at radius 1 is 1.08 bits per heavy atom. The molecule has 134 valence electrons. The third-order valence-electron chi connectivity index (χ3n) is 3.49. The molecule has 1 amide bonds. The third-order valence-corrected chi connectivity index (χ3v) is 5.05. The summed E-state index contributed by atoms with van der Waals surface area (Å²) in [5, 5.41) is 2.67. The summed E-state index contributed by atoms with van der Waals surface area (Å²) in [6.45, 7) is 5.81. The second-order valence-corrected chi connectivity index (χ2v) is 7.32. The first-order chi connectivity index (χ1) is 11.8. The van der Waals surface area contributed by atoms with Crippen molar-refractivity contribution in [3.05, 3.63) is 54.1 Å². The summed E-state index contributed by atoms with van der Waals surface area (Å²) >= 11 is 0. The van der Waals surface area contributed by atoms with Crippen molar-refractivity contribution in [1.82, 2.24) is 4.72 Å². The Kier molecular flexibility index (Phi) is 6.17. The fourth-order valence-electron chi connectivity index (χ4n) is 2.12. The van der Waals surface area contributed by atoms with Crippen LogP contribution >= 0.6 is 0 Å². The summed E-state index contributed by atoms with van der Waals surface area (Å²) in [5.41, 5.74) is 1.52. The number of anilines is 1. The van der Waals surface area contributed by atoms with Crippen molar-refractivity contribution >= 4 is 21.6 Å². The molecule has 7 heteroatoms. The van der Waals surface area contributed by atoms with E-state index < -0.39 is 22.0 Å². The van der Waals surface area contributed by atoms with Crippen LogP contribution in [-0.4, -0.2) is 27.0 Å². The Bertz CT molecular complexity index is 815. The highest BCUT2D eigenvalue weighted by Crippen LogP contribution is 2.16. The number of carbonyl (C=O) groups excluding carboxylic acids is 1. The van der Waals surface area contributed by atoms with E-state index in [-0.39, 0.29) is 4.90 Å². The fraction of sp³-hybridized carbons (Fsp3) is 0.278. The molecule has 0 aliphatic carbocycles. The Hall–Kier alpha value is -2.38. The maximum atomic E-state index is 12.3. The first kappa shape index (κ1) is 19.0. The number of hydrogen-bond donors (Lipinski definition) is 2. The normalized spacial score (nSPS) is 12.4. The lowest BCUT2D eigenvalue weighted by atomic mass is 10.2. The van der Waals surface area contributed by atoms with Crippen molar-refractivity contribution in [2.45, 2.75) is 31.7 Å². The maximum absolute atomic E-state index is 12.3. The van der Waals surface area contributed by atoms with Gasteiger partial charge < -0.3 is 10.1 Å². The Balaban J connectivity index is 2.00. The number of aryl methyl sites for hydroxylation is 1. The highest BCUT2D eigenvalue weighted by molar-refractivity contribution is 7.89. The first-order valence-electron chi connectivity index (χ1n) is 7.94. The number of amides is 1. The Labute approximate surface area is 148 Å². The van der Waals surface area contributed by atoms with Gasteiger partial charge in [0.2, 0.25) is 15.9 Å². The minimum atomic E-state index is -3.76. The van der Waals surface area contributed by atoms with Gasteiger partial charge >= 0.3 is 0 Å². The van der Waals surface area contributed by atoms with Crippen LogP contribution in [0.3, 0.4) is 0 Å². The topological polar surface area (TPSA) is 84.5 Å². The number of benzene rings is 2. The van der Waals surface area contributed by atoms with Crippen LogP contribution in [0.5, 0.6) is 5.75 Å². The van der Waals surface area contributed by atoms with E-state index in [1.165, 1.54) is 19.1 Å². The van der Waals surface area contributed by atoms with Gasteiger partial charge in [-0.05, 0) is 57.2 Å². The SMILES string of the molecule is CCOc1ccc(NC(=O)[C@H](C)NS(=O)(=O)c2ccc(C)cc2)cc1. The molecule has 2 rings (SSSR count). The standard InChI is InChI=1S/C18H22N2O4S/c1-4-24-16-9-7-15(8-10-16)19-18(21)14(3)20-25(22,23)17-11-5-13(2)6-12-17/h5-12,14,20H,4H2,1-3H3,(H,19,21)/t14-/m0/s1. The van der Waals surface area contributed by atoms with E-state index in [1.807, 2.05) is 13.8 Å². The Morgan fingerprint density at radius 3 is 2.24 bits per heavy atom. The zero-order valence-corrected chi connectivity index (χ0v) is 15.3. The monoisotopic (exact) mass is 362 g/mol. The molecule has 2 aromatic rings. The van der Waals surface area contributed by atoms with Gasteiger partial charge in [0.25, 0.3) is 0 Å². The average Bonchev–Trinajstić information content (AvgIpc) is 2.57. The molecule has 0 bridgehead atoms. The van der Waals surface area contributed by atoms with Gasteiger partial charge in [0.05, 0.1) is 17.5 Å². The van der Waals surface area contributed by atoms with Gasteiger partial charge in [0.1, 0.15) is 5.75 Å². The van der Waals surface area contributed by atoms with Crippen LogP contribution in [0.25, 0.3) is 0 Å². The lowest BCUT2D eigenvalue weighted by Gasteiger charge is -2.15. The molecule has 0 heterocycles. The van der Waals surface area contributed by atoms with Gasteiger partial charge in [-0.1, -0.05) is 17.7 Å². The number of hydrogen-bond acceptors (Lipinski definition) is 4. The van der Waals surface area contributed by atoms with E-state index in [0.29, 0.717) is 18.0 Å². The quantitative estimate of drug-likeness (QED) is 0.793. The summed E-state index contributed by atoms with van der Waals surface area (Å²) in [5.74, 6) is 0.258. The lowest BCUT2D eigenvalue weighted by Crippen LogP contribution is -2.41. The van der Waals surface area contributed by atoms with Crippen LogP contribution in [0.2, 0.25) is 0 Å². The molecule has 2 N–H and O–H groups in total. The minimum absolute atomic E-state index is 0.124. The molecule has 0 aliphatic rings. The summed E-state index contributed by atoms with van der Waals surface area (Å²) in [6, 6.07) is 12.4. The van der Waals surface area contributed by atoms with Gasteiger partial charge in [0, 0.05) is 5.69 Å². The molecule has 0 saturated carbocycles. The van der Waals surface area contributed by atoms with Gasteiger partial charge in [-0.15, -0.1) is 0 Å². The maximum Gasteiger partial charge on any atom is 0.242 e. The molecule has 0 spiro atoms. The molecule has 2 aromatic carbocycles. The molecule has 25 heavy (non-hydrogen) atoms. The third kappa shape index (κ3) is 5.30. The molecule has 6 nitrogen and oxygen atoms in total. The summed E-state index contributed by atoms with van der Waals surface area (Å²) < 4.78 is 32.4. The van der Waals surface area contributed by atoms with Gasteiger partial charge in [-0.3, -0.25) is 4.79 Å². The van der Waals surface area contributed by atoms with Crippen molar-refractivity contribution < 1.29 is 17.9 Å². The summed E-state index contributed by atoms with van der Waals surface area (Å²) in [6.07, 6.45) is 0. The van der Waals surface area contributed by atoms with Crippen LogP contribution in [0.15, 0.2) is 53.4 Å². The van der Waals surface area contributed by atoms with Gasteiger partial charge in [-0.25, -0.2) is 8.42 Å². The molecule has 0 saturated heterocycles. The van der Waals surface area contributed by atoms with E-state index in [1.54, 1.807) is 36.4 Å². The van der Waals surface area contributed by atoms with Crippen LogP contribution in [-0.2, 0) is 14.8 Å². The van der Waals surface area contributed by atoms with Crippen molar-refractivity contribution in [1.29, 1.82) is 0 Å². The zero-order valence-electron chi connectivity index (χ0n) is 14.4. The number of rotatable bonds is 7. The van der Waals surface area contributed by atoms with Crippen LogP contribution in [0.4, 0.5) is 5.69 Å². The predicted octanol–water partition coefficient (Wildman–Crippen LogP) is 2.70. The van der Waals surface area contributed by atoms with Crippen LogP contribution < -0.4 is 14.8 Å². The number of carbonyl (C=O) groups is 1. The summed E-state index contributed by atoms with van der Waals surface area (Å²) in [4.78, 5) is 12.3. The predicted molar refractivity (Wildman–Crippen MR) is 97.2 cm³/mol. The van der Waals surface area contributed by atoms with Crippen molar-refractivity contribution in [2.24, 2.45) is 0 Å². The van der Waals surface area contributed by atoms with E-state index in [2.05, 4.69) is 10.0 Å². The highest BCUT2D eigenvalue weighted by Gasteiger charge is 2.22. The lowest BCUT2D eigenvalue weighted by molar-refractivity contribution is -0.117. The molecule has 0 fully saturated rings. The van der Waals surface area contributed by atoms with E-state index in [4.69, 9.17) is 4.74 Å². The highest BCUT2D eigenvalue weighted by atomic mass is 32.2. The summed E-state index contributed by atoms with van der Waals surface area (Å²) in [7, 11) is -3.76. The largest absolute Gasteiger partial charge is 0.494 e. The van der Waals surface area contributed by atoms with Crippen molar-refractivity contribution in [3.8, 4) is 5.75 Å². The minimum Gasteiger partial charge on any atom is -0.494 e. The molecule has 0 aliphatic heterocycles. The average molecular weight is 362 g/mol. The Morgan fingerprint density at radius 2 is 1.68 bits per heavy atom. The number of ether oxygens (including phenoxy) is 1. The van der Waals surface area contributed by atoms with E-state index in [0.717, 1.165) is 5.56 Å². The second-order valence-electron chi connectivity index (χ2n) is 5.60. The smallest absolute Gasteiger partial charge is 0.242 e. The van der Waals surface area contributed by atoms with E-state index >= 15 is 0 Å². The number of sulfonamides is 1. The molecule has 0 radical (unpaired) electrons. The fourth-order valence-corrected chi connectivity index (χ4v) is 3.33. The molecule has 0 unspecified atom stereocenters. The molecular weight excluding hydrogens is 340 g/mol. The van der Waals surface area contributed by atoms with Gasteiger partial charge in [0.15, 0.2) is 0 Å². The molecule has 1 atom stereocenters. The van der Waals surface area contributed by atoms with E-state index in [9.17, 15) is 13.2 Å². The molecular formula is C18H22N2O4S. The zero-order chi connectivity index (χ0) is 18.4. The van der Waals surface area contributed by atoms with Crippen molar-refractivity contribution in [2.75, 3.05) is 11.9 Å². The van der Waals surface area contributed by atoms with Crippen LogP contribution in [0.1, 0.15) is 19.4 Å². The van der Waals surface area contributed by atoms with Crippen molar-refractivity contribution in [3.63, 3.8) is 0 Å². The first-order valence-corrected chi connectivity index (χ1v) is 9.43. The second kappa shape index (κ2) is 8.13. The van der Waals surface area contributed by atoms with Gasteiger partial charge in [-0.2, -0.15) is 4.72 Å². The number of nitrogens with one attached hydrogen (secondary N) is 2. The molecule has 0 aromatic heterocycles.